The molecule has 1 heterocycles. The molecule has 21 heavy (non-hydrogen) atoms. The van der Waals surface area contributed by atoms with Gasteiger partial charge in [-0.15, -0.1) is 0 Å². The van der Waals surface area contributed by atoms with Gasteiger partial charge in [0.2, 0.25) is 0 Å². The monoisotopic (exact) mass is 289 g/mol. The first-order valence-electron chi connectivity index (χ1n) is 7.84. The molecule has 0 spiro atoms. The number of carbonyl (C=O) groups is 1. The lowest BCUT2D eigenvalue weighted by molar-refractivity contribution is 0.0922. The maximum absolute atomic E-state index is 12.4. The van der Waals surface area contributed by atoms with Gasteiger partial charge in [0.1, 0.15) is 5.82 Å². The molecular weight excluding hydrogens is 262 g/mol. The summed E-state index contributed by atoms with van der Waals surface area (Å²) in [6, 6.07) is 3.81. The Balaban J connectivity index is 2.10. The number of anilines is 1. The molecule has 0 aliphatic heterocycles. The highest BCUT2D eigenvalue weighted by atomic mass is 16.1. The Morgan fingerprint density at radius 1 is 1.24 bits per heavy atom. The number of nitrogens with zero attached hydrogens (tertiary/aromatic N) is 1. The van der Waals surface area contributed by atoms with E-state index in [1.807, 2.05) is 6.07 Å². The first-order valence-corrected chi connectivity index (χ1v) is 7.84. The molecule has 0 aromatic carbocycles. The van der Waals surface area contributed by atoms with E-state index in [9.17, 15) is 4.79 Å². The lowest BCUT2D eigenvalue weighted by Gasteiger charge is -2.27. The summed E-state index contributed by atoms with van der Waals surface area (Å²) in [5, 5.41) is 3.14. The minimum absolute atomic E-state index is 0.0332. The first-order chi connectivity index (χ1) is 9.75. The van der Waals surface area contributed by atoms with Gasteiger partial charge < -0.3 is 11.1 Å². The van der Waals surface area contributed by atoms with Crippen LogP contribution in [0.5, 0.6) is 0 Å². The minimum Gasteiger partial charge on any atom is -0.384 e. The molecule has 0 radical (unpaired) electrons. The van der Waals surface area contributed by atoms with Crippen molar-refractivity contribution in [2.75, 3.05) is 5.73 Å². The van der Waals surface area contributed by atoms with Crippen LogP contribution in [0.25, 0.3) is 0 Å². The number of aromatic nitrogens is 1. The quantitative estimate of drug-likeness (QED) is 0.878. The van der Waals surface area contributed by atoms with Gasteiger partial charge in [0, 0.05) is 22.7 Å². The molecule has 1 aromatic heterocycles. The number of hydrogen-bond acceptors (Lipinski definition) is 3. The topological polar surface area (TPSA) is 68.0 Å². The number of nitrogen functional groups attached to an aromatic ring is 1. The molecule has 1 aliphatic rings. The normalized spacial score (nSPS) is 22.9. The Morgan fingerprint density at radius 2 is 1.86 bits per heavy atom. The third-order valence-corrected chi connectivity index (χ3v) is 4.23. The van der Waals surface area contributed by atoms with Crippen LogP contribution in [-0.2, 0) is 5.41 Å². The number of nitrogens with two attached hydrogens (primary N) is 1. The van der Waals surface area contributed by atoms with Crippen molar-refractivity contribution in [1.29, 1.82) is 0 Å². The van der Waals surface area contributed by atoms with E-state index in [1.54, 1.807) is 6.07 Å². The van der Waals surface area contributed by atoms with E-state index in [1.165, 1.54) is 12.8 Å². The molecule has 1 saturated carbocycles. The highest BCUT2D eigenvalue weighted by Crippen LogP contribution is 2.25. The van der Waals surface area contributed by atoms with Crippen molar-refractivity contribution in [3.05, 3.63) is 23.4 Å². The van der Waals surface area contributed by atoms with Gasteiger partial charge >= 0.3 is 0 Å². The number of nitrogens with one attached hydrogen (secondary N) is 1. The number of rotatable bonds is 2. The van der Waals surface area contributed by atoms with E-state index in [-0.39, 0.29) is 11.3 Å². The molecular formula is C17H27N3O. The van der Waals surface area contributed by atoms with Crippen molar-refractivity contribution >= 4 is 11.7 Å². The SMILES string of the molecule is CC1CCC(NC(=O)c2cc(N)nc(C(C)(C)C)c2)CC1. The highest BCUT2D eigenvalue weighted by molar-refractivity contribution is 5.95. The van der Waals surface area contributed by atoms with Gasteiger partial charge in [0.25, 0.3) is 5.91 Å². The lowest BCUT2D eigenvalue weighted by Crippen LogP contribution is -2.37. The molecule has 0 saturated heterocycles. The van der Waals surface area contributed by atoms with E-state index < -0.39 is 0 Å². The fourth-order valence-electron chi connectivity index (χ4n) is 2.74. The van der Waals surface area contributed by atoms with Crippen molar-refractivity contribution in [2.45, 2.75) is 64.8 Å². The van der Waals surface area contributed by atoms with Crippen LogP contribution in [-0.4, -0.2) is 16.9 Å². The van der Waals surface area contributed by atoms with Gasteiger partial charge in [-0.2, -0.15) is 0 Å². The lowest BCUT2D eigenvalue weighted by atomic mass is 9.87. The molecule has 1 fully saturated rings. The molecule has 116 valence electrons. The summed E-state index contributed by atoms with van der Waals surface area (Å²) in [5.41, 5.74) is 7.20. The van der Waals surface area contributed by atoms with Crippen molar-refractivity contribution in [3.63, 3.8) is 0 Å². The van der Waals surface area contributed by atoms with E-state index in [0.29, 0.717) is 17.4 Å². The molecule has 3 N–H and O–H groups in total. The van der Waals surface area contributed by atoms with Crippen LogP contribution in [0.15, 0.2) is 12.1 Å². The van der Waals surface area contributed by atoms with Crippen LogP contribution >= 0.6 is 0 Å². The van der Waals surface area contributed by atoms with Gasteiger partial charge in [-0.05, 0) is 43.7 Å². The summed E-state index contributed by atoms with van der Waals surface area (Å²) in [4.78, 5) is 16.8. The van der Waals surface area contributed by atoms with Crippen molar-refractivity contribution in [2.24, 2.45) is 5.92 Å². The minimum atomic E-state index is -0.120. The maximum atomic E-state index is 12.4. The van der Waals surface area contributed by atoms with Gasteiger partial charge in [0.15, 0.2) is 0 Å². The van der Waals surface area contributed by atoms with Crippen LogP contribution in [0.3, 0.4) is 0 Å². The van der Waals surface area contributed by atoms with Crippen LogP contribution in [0, 0.1) is 5.92 Å². The van der Waals surface area contributed by atoms with Crippen LogP contribution < -0.4 is 11.1 Å². The second kappa shape index (κ2) is 6.04. The van der Waals surface area contributed by atoms with Gasteiger partial charge in [-0.25, -0.2) is 4.98 Å². The van der Waals surface area contributed by atoms with Crippen LogP contribution in [0.2, 0.25) is 0 Å². The summed E-state index contributed by atoms with van der Waals surface area (Å²) >= 11 is 0. The molecule has 4 heteroatoms. The van der Waals surface area contributed by atoms with Gasteiger partial charge in [-0.1, -0.05) is 27.7 Å². The molecule has 0 atom stereocenters. The zero-order valence-corrected chi connectivity index (χ0v) is 13.6. The summed E-state index contributed by atoms with van der Waals surface area (Å²) in [6.07, 6.45) is 4.52. The summed E-state index contributed by atoms with van der Waals surface area (Å²) < 4.78 is 0. The second-order valence-electron chi connectivity index (χ2n) is 7.35. The first kappa shape index (κ1) is 15.8. The molecule has 1 amide bonds. The summed E-state index contributed by atoms with van der Waals surface area (Å²) in [7, 11) is 0. The predicted molar refractivity (Wildman–Crippen MR) is 86.2 cm³/mol. The van der Waals surface area contributed by atoms with Crippen molar-refractivity contribution in [3.8, 4) is 0 Å². The molecule has 1 aliphatic carbocycles. The average Bonchev–Trinajstić information content (AvgIpc) is 2.39. The third kappa shape index (κ3) is 4.19. The van der Waals surface area contributed by atoms with Crippen LogP contribution in [0.1, 0.15) is 69.4 Å². The van der Waals surface area contributed by atoms with Gasteiger partial charge in [-0.3, -0.25) is 4.79 Å². The standard InChI is InChI=1S/C17H27N3O/c1-11-5-7-13(8-6-11)19-16(21)12-9-14(17(2,3)4)20-15(18)10-12/h9-11,13H,5-8H2,1-4H3,(H2,18,20)(H,19,21). The fourth-order valence-corrected chi connectivity index (χ4v) is 2.74. The number of carbonyl (C=O) groups excluding carboxylic acids is 1. The molecule has 4 nitrogen and oxygen atoms in total. The molecule has 0 unspecified atom stereocenters. The molecule has 0 bridgehead atoms. The third-order valence-electron chi connectivity index (χ3n) is 4.23. The Morgan fingerprint density at radius 3 is 2.43 bits per heavy atom. The zero-order chi connectivity index (χ0) is 15.6. The number of amides is 1. The Kier molecular flexibility index (Phi) is 4.55. The fraction of sp³-hybridized carbons (Fsp3) is 0.647. The van der Waals surface area contributed by atoms with E-state index in [0.717, 1.165) is 24.5 Å². The smallest absolute Gasteiger partial charge is 0.251 e. The number of hydrogen-bond donors (Lipinski definition) is 2. The largest absolute Gasteiger partial charge is 0.384 e. The van der Waals surface area contributed by atoms with E-state index in [2.05, 4.69) is 38.0 Å². The van der Waals surface area contributed by atoms with E-state index >= 15 is 0 Å². The predicted octanol–water partition coefficient (Wildman–Crippen LogP) is 3.27. The number of pyridine rings is 1. The highest BCUT2D eigenvalue weighted by Gasteiger charge is 2.22. The zero-order valence-electron chi connectivity index (χ0n) is 13.6. The van der Waals surface area contributed by atoms with Crippen molar-refractivity contribution < 1.29 is 4.79 Å². The average molecular weight is 289 g/mol. The second-order valence-corrected chi connectivity index (χ2v) is 7.35. The Bertz CT molecular complexity index is 511. The maximum Gasteiger partial charge on any atom is 0.251 e. The molecule has 1 aromatic rings. The Hall–Kier alpha value is -1.58. The molecule has 2 rings (SSSR count). The Labute approximate surface area is 127 Å². The van der Waals surface area contributed by atoms with Crippen molar-refractivity contribution in [1.82, 2.24) is 10.3 Å². The van der Waals surface area contributed by atoms with E-state index in [4.69, 9.17) is 5.73 Å². The van der Waals surface area contributed by atoms with Crippen LogP contribution in [0.4, 0.5) is 5.82 Å². The van der Waals surface area contributed by atoms with Gasteiger partial charge in [0.05, 0.1) is 0 Å². The summed E-state index contributed by atoms with van der Waals surface area (Å²) in [5.74, 6) is 1.15. The summed E-state index contributed by atoms with van der Waals surface area (Å²) in [6.45, 7) is 8.48.